The fourth-order valence-corrected chi connectivity index (χ4v) is 1.38. The maximum atomic E-state index is 5.41. The van der Waals surface area contributed by atoms with Crippen molar-refractivity contribution in [2.75, 3.05) is 19.7 Å². The van der Waals surface area contributed by atoms with E-state index < -0.39 is 0 Å². The highest BCUT2D eigenvalue weighted by atomic mass is 16.7. The minimum absolute atomic E-state index is 0.621. The molecule has 2 aliphatic rings. The first-order valence-corrected chi connectivity index (χ1v) is 3.73. The zero-order valence-electron chi connectivity index (χ0n) is 5.89. The van der Waals surface area contributed by atoms with Crippen molar-refractivity contribution in [2.45, 2.75) is 19.8 Å². The van der Waals surface area contributed by atoms with Crippen molar-refractivity contribution in [2.24, 2.45) is 5.41 Å². The Morgan fingerprint density at radius 1 is 1.56 bits per heavy atom. The number of rotatable bonds is 1. The Morgan fingerprint density at radius 3 is 2.67 bits per heavy atom. The Labute approximate surface area is 55.7 Å². The zero-order chi connectivity index (χ0) is 6.32. The Balaban J connectivity index is 1.93. The van der Waals surface area contributed by atoms with E-state index in [0.29, 0.717) is 5.41 Å². The third kappa shape index (κ3) is 0.864. The molecule has 1 aliphatic carbocycles. The summed E-state index contributed by atoms with van der Waals surface area (Å²) in [6.07, 6.45) is 2.78. The fourth-order valence-electron chi connectivity index (χ4n) is 1.38. The molecule has 1 aliphatic heterocycles. The van der Waals surface area contributed by atoms with Crippen molar-refractivity contribution < 1.29 is 4.84 Å². The van der Waals surface area contributed by atoms with Crippen LogP contribution >= 0.6 is 0 Å². The van der Waals surface area contributed by atoms with Crippen LogP contribution in [-0.2, 0) is 4.84 Å². The molecular formula is C7H13NO. The largest absolute Gasteiger partial charge is 0.298 e. The third-order valence-electron chi connectivity index (χ3n) is 2.37. The summed E-state index contributed by atoms with van der Waals surface area (Å²) < 4.78 is 0. The fraction of sp³-hybridized carbons (Fsp3) is 1.00. The van der Waals surface area contributed by atoms with Crippen molar-refractivity contribution in [3.63, 3.8) is 0 Å². The van der Waals surface area contributed by atoms with E-state index in [1.54, 1.807) is 0 Å². The summed E-state index contributed by atoms with van der Waals surface area (Å²) in [5, 5.41) is 2.08. The predicted octanol–water partition coefficient (Wildman–Crippen LogP) is 1.03. The van der Waals surface area contributed by atoms with E-state index in [-0.39, 0.29) is 0 Å². The molecular weight excluding hydrogens is 114 g/mol. The summed E-state index contributed by atoms with van der Waals surface area (Å²) in [7, 11) is 0. The monoisotopic (exact) mass is 127 g/mol. The minimum atomic E-state index is 0.621. The molecule has 0 radical (unpaired) electrons. The lowest BCUT2D eigenvalue weighted by atomic mass is 10.1. The molecule has 2 heteroatoms. The lowest BCUT2D eigenvalue weighted by Gasteiger charge is -2.08. The summed E-state index contributed by atoms with van der Waals surface area (Å²) in [6.45, 7) is 5.35. The number of hydrogen-bond acceptors (Lipinski definition) is 2. The van der Waals surface area contributed by atoms with Gasteiger partial charge in [0.15, 0.2) is 0 Å². The minimum Gasteiger partial charge on any atom is -0.298 e. The van der Waals surface area contributed by atoms with Crippen LogP contribution in [-0.4, -0.2) is 24.8 Å². The highest BCUT2D eigenvalue weighted by Crippen LogP contribution is 2.49. The molecule has 1 spiro atoms. The van der Waals surface area contributed by atoms with Crippen LogP contribution in [0.25, 0.3) is 0 Å². The Morgan fingerprint density at radius 2 is 2.33 bits per heavy atom. The van der Waals surface area contributed by atoms with Gasteiger partial charge in [-0.2, -0.15) is 5.06 Å². The van der Waals surface area contributed by atoms with Gasteiger partial charge >= 0.3 is 0 Å². The molecule has 1 heterocycles. The van der Waals surface area contributed by atoms with Crippen LogP contribution in [0.1, 0.15) is 19.8 Å². The summed E-state index contributed by atoms with van der Waals surface area (Å²) in [4.78, 5) is 5.41. The average Bonchev–Trinajstić information content (AvgIpc) is 2.44. The van der Waals surface area contributed by atoms with Gasteiger partial charge in [0.25, 0.3) is 0 Å². The first kappa shape index (κ1) is 5.69. The van der Waals surface area contributed by atoms with Crippen molar-refractivity contribution in [1.82, 2.24) is 5.06 Å². The molecule has 1 saturated heterocycles. The van der Waals surface area contributed by atoms with E-state index in [0.717, 1.165) is 13.2 Å². The highest BCUT2D eigenvalue weighted by Gasteiger charge is 2.48. The molecule has 9 heavy (non-hydrogen) atoms. The van der Waals surface area contributed by atoms with Crippen LogP contribution in [0.3, 0.4) is 0 Å². The van der Waals surface area contributed by atoms with E-state index in [9.17, 15) is 0 Å². The van der Waals surface area contributed by atoms with Crippen molar-refractivity contribution in [3.05, 3.63) is 0 Å². The second kappa shape index (κ2) is 1.70. The summed E-state index contributed by atoms with van der Waals surface area (Å²) >= 11 is 0. The predicted molar refractivity (Wildman–Crippen MR) is 34.9 cm³/mol. The average molecular weight is 127 g/mol. The summed E-state index contributed by atoms with van der Waals surface area (Å²) in [6, 6.07) is 0. The number of hydroxylamine groups is 2. The summed E-state index contributed by atoms with van der Waals surface area (Å²) in [5.41, 5.74) is 0.621. The van der Waals surface area contributed by atoms with Crippen LogP contribution in [0.4, 0.5) is 0 Å². The van der Waals surface area contributed by atoms with E-state index in [2.05, 4.69) is 12.0 Å². The van der Waals surface area contributed by atoms with Gasteiger partial charge in [-0.05, 0) is 12.8 Å². The van der Waals surface area contributed by atoms with Gasteiger partial charge in [0.1, 0.15) is 0 Å². The standard InChI is InChI=1S/C7H13NO/c1-2-8-5-7(3-4-7)6-9-8/h2-6H2,1H3. The maximum Gasteiger partial charge on any atom is 0.0754 e. The molecule has 1 saturated carbocycles. The van der Waals surface area contributed by atoms with Crippen LogP contribution in [0.2, 0.25) is 0 Å². The van der Waals surface area contributed by atoms with Crippen molar-refractivity contribution in [1.29, 1.82) is 0 Å². The van der Waals surface area contributed by atoms with Gasteiger partial charge in [-0.15, -0.1) is 0 Å². The first-order valence-electron chi connectivity index (χ1n) is 3.73. The van der Waals surface area contributed by atoms with Gasteiger partial charge < -0.3 is 0 Å². The molecule has 0 aromatic carbocycles. The van der Waals surface area contributed by atoms with Crippen molar-refractivity contribution >= 4 is 0 Å². The normalized spacial score (nSPS) is 31.7. The quantitative estimate of drug-likeness (QED) is 0.521. The molecule has 0 aromatic rings. The maximum absolute atomic E-state index is 5.41. The van der Waals surface area contributed by atoms with Crippen LogP contribution in [0, 0.1) is 5.41 Å². The van der Waals surface area contributed by atoms with E-state index in [4.69, 9.17) is 4.84 Å². The van der Waals surface area contributed by atoms with Crippen LogP contribution in [0.15, 0.2) is 0 Å². The zero-order valence-corrected chi connectivity index (χ0v) is 5.89. The molecule has 0 atom stereocenters. The lowest BCUT2D eigenvalue weighted by Crippen LogP contribution is -2.18. The molecule has 0 N–H and O–H groups in total. The smallest absolute Gasteiger partial charge is 0.0754 e. The van der Waals surface area contributed by atoms with Gasteiger partial charge in [0.2, 0.25) is 0 Å². The lowest BCUT2D eigenvalue weighted by molar-refractivity contribution is -0.106. The Hall–Kier alpha value is -0.0800. The highest BCUT2D eigenvalue weighted by molar-refractivity contribution is 4.96. The molecule has 2 rings (SSSR count). The Bertz CT molecular complexity index is 120. The van der Waals surface area contributed by atoms with E-state index in [1.165, 1.54) is 19.4 Å². The van der Waals surface area contributed by atoms with Gasteiger partial charge in [-0.3, -0.25) is 4.84 Å². The molecule has 0 aromatic heterocycles. The van der Waals surface area contributed by atoms with Crippen LogP contribution < -0.4 is 0 Å². The van der Waals surface area contributed by atoms with Gasteiger partial charge in [0, 0.05) is 18.5 Å². The molecule has 0 amide bonds. The van der Waals surface area contributed by atoms with E-state index in [1.807, 2.05) is 0 Å². The number of hydrogen-bond donors (Lipinski definition) is 0. The molecule has 2 fully saturated rings. The first-order chi connectivity index (χ1) is 4.35. The third-order valence-corrected chi connectivity index (χ3v) is 2.37. The topological polar surface area (TPSA) is 12.5 Å². The molecule has 0 unspecified atom stereocenters. The number of nitrogens with zero attached hydrogens (tertiary/aromatic N) is 1. The van der Waals surface area contributed by atoms with E-state index >= 15 is 0 Å². The van der Waals surface area contributed by atoms with Crippen LogP contribution in [0.5, 0.6) is 0 Å². The van der Waals surface area contributed by atoms with Gasteiger partial charge in [0.05, 0.1) is 6.61 Å². The Kier molecular flexibility index (Phi) is 1.08. The molecule has 2 nitrogen and oxygen atoms in total. The molecule has 0 bridgehead atoms. The second-order valence-corrected chi connectivity index (χ2v) is 3.23. The summed E-state index contributed by atoms with van der Waals surface area (Å²) in [5.74, 6) is 0. The van der Waals surface area contributed by atoms with Gasteiger partial charge in [-0.1, -0.05) is 6.92 Å². The SMILES string of the molecule is CCN1CC2(CC2)CO1. The van der Waals surface area contributed by atoms with Gasteiger partial charge in [-0.25, -0.2) is 0 Å². The van der Waals surface area contributed by atoms with Crippen molar-refractivity contribution in [3.8, 4) is 0 Å². The second-order valence-electron chi connectivity index (χ2n) is 3.23. The molecule has 52 valence electrons.